The number of nitrogens with zero attached hydrogens (tertiary/aromatic N) is 1. The third kappa shape index (κ3) is 3.90. The topological polar surface area (TPSA) is 39.2 Å². The minimum absolute atomic E-state index is 0.0436. The molecule has 4 heteroatoms. The Morgan fingerprint density at radius 1 is 1.26 bits per heavy atom. The van der Waals surface area contributed by atoms with Crippen LogP contribution in [0.25, 0.3) is 10.9 Å². The second-order valence-corrected chi connectivity index (χ2v) is 7.07. The zero-order valence-corrected chi connectivity index (χ0v) is 14.8. The van der Waals surface area contributed by atoms with Crippen LogP contribution in [0.4, 0.5) is 0 Å². The van der Waals surface area contributed by atoms with Crippen molar-refractivity contribution in [3.8, 4) is 0 Å². The van der Waals surface area contributed by atoms with E-state index in [1.807, 2.05) is 13.1 Å². The number of pyridine rings is 1. The Labute approximate surface area is 140 Å². The van der Waals surface area contributed by atoms with Gasteiger partial charge in [0, 0.05) is 18.0 Å². The first-order valence-corrected chi connectivity index (χ1v) is 9.05. The van der Waals surface area contributed by atoms with E-state index < -0.39 is 0 Å². The van der Waals surface area contributed by atoms with Crippen LogP contribution in [0.15, 0.2) is 30.5 Å². The molecule has 1 unspecified atom stereocenters. The monoisotopic (exact) mass is 329 g/mol. The van der Waals surface area contributed by atoms with Crippen LogP contribution in [0.1, 0.15) is 50.5 Å². The summed E-state index contributed by atoms with van der Waals surface area (Å²) in [6.45, 7) is 2.35. The summed E-state index contributed by atoms with van der Waals surface area (Å²) in [4.78, 5) is 16.1. The van der Waals surface area contributed by atoms with Gasteiger partial charge in [0.1, 0.15) is 0 Å². The Balaban J connectivity index is 1.71. The Morgan fingerprint density at radius 2 is 2.04 bits per heavy atom. The van der Waals surface area contributed by atoms with Crippen molar-refractivity contribution in [2.24, 2.45) is 5.92 Å². The molecular formula is C19H24NO2P. The van der Waals surface area contributed by atoms with Crippen molar-refractivity contribution in [1.82, 2.24) is 4.98 Å². The summed E-state index contributed by atoms with van der Waals surface area (Å²) in [6.07, 6.45) is 6.99. The summed E-state index contributed by atoms with van der Waals surface area (Å²) in [5.41, 5.74) is 2.48. The summed E-state index contributed by atoms with van der Waals surface area (Å²) >= 11 is 0. The number of rotatable bonds is 4. The van der Waals surface area contributed by atoms with Crippen molar-refractivity contribution in [2.45, 2.75) is 44.9 Å². The number of ether oxygens (including phenoxy) is 1. The molecule has 3 nitrogen and oxygen atoms in total. The molecule has 0 radical (unpaired) electrons. The molecule has 0 saturated heterocycles. The first-order chi connectivity index (χ1) is 11.2. The Morgan fingerprint density at radius 3 is 2.78 bits per heavy atom. The van der Waals surface area contributed by atoms with Crippen molar-refractivity contribution in [3.05, 3.63) is 36.0 Å². The van der Waals surface area contributed by atoms with Crippen molar-refractivity contribution in [1.29, 1.82) is 0 Å². The average molecular weight is 329 g/mol. The zero-order valence-electron chi connectivity index (χ0n) is 13.6. The molecule has 1 aromatic carbocycles. The number of hydrogen-bond acceptors (Lipinski definition) is 3. The molecule has 3 rings (SSSR count). The summed E-state index contributed by atoms with van der Waals surface area (Å²) < 4.78 is 5.08. The molecule has 23 heavy (non-hydrogen) atoms. The third-order valence-corrected chi connectivity index (χ3v) is 5.21. The molecule has 0 bridgehead atoms. The second-order valence-electron chi connectivity index (χ2n) is 6.40. The van der Waals surface area contributed by atoms with Gasteiger partial charge in [0.15, 0.2) is 0 Å². The fraction of sp³-hybridized carbons (Fsp3) is 0.474. The largest absolute Gasteiger partial charge is 0.466 e. The van der Waals surface area contributed by atoms with Crippen LogP contribution in [0.5, 0.6) is 0 Å². The van der Waals surface area contributed by atoms with Gasteiger partial charge >= 0.3 is 5.97 Å². The molecule has 1 aromatic heterocycles. The highest BCUT2D eigenvalue weighted by Gasteiger charge is 2.25. The quantitative estimate of drug-likeness (QED) is 0.629. The van der Waals surface area contributed by atoms with Crippen molar-refractivity contribution < 1.29 is 9.53 Å². The minimum Gasteiger partial charge on any atom is -0.466 e. The summed E-state index contributed by atoms with van der Waals surface area (Å²) in [7, 11) is 2.77. The number of esters is 1. The van der Waals surface area contributed by atoms with E-state index in [-0.39, 0.29) is 5.97 Å². The lowest BCUT2D eigenvalue weighted by Crippen LogP contribution is -2.18. The van der Waals surface area contributed by atoms with Gasteiger partial charge in [-0.1, -0.05) is 6.07 Å². The summed E-state index contributed by atoms with van der Waals surface area (Å²) in [6, 6.07) is 8.56. The third-order valence-electron chi connectivity index (χ3n) is 4.85. The van der Waals surface area contributed by atoms with Gasteiger partial charge in [-0.2, -0.15) is 0 Å². The number of fused-ring (bicyclic) bond motifs is 1. The van der Waals surface area contributed by atoms with Gasteiger partial charge in [0.05, 0.1) is 12.1 Å². The van der Waals surface area contributed by atoms with Gasteiger partial charge in [0.25, 0.3) is 0 Å². The Kier molecular flexibility index (Phi) is 5.27. The lowest BCUT2D eigenvalue weighted by Gasteiger charge is -2.29. The van der Waals surface area contributed by atoms with E-state index in [4.69, 9.17) is 4.74 Å². The van der Waals surface area contributed by atoms with Gasteiger partial charge in [-0.25, -0.2) is 0 Å². The van der Waals surface area contributed by atoms with E-state index in [1.54, 1.807) is 0 Å². The van der Waals surface area contributed by atoms with Crippen LogP contribution < -0.4 is 5.30 Å². The van der Waals surface area contributed by atoms with E-state index in [0.29, 0.717) is 24.9 Å². The highest BCUT2D eigenvalue weighted by molar-refractivity contribution is 7.27. The molecule has 0 amide bonds. The van der Waals surface area contributed by atoms with Crippen LogP contribution in [0, 0.1) is 5.92 Å². The van der Waals surface area contributed by atoms with Gasteiger partial charge in [-0.15, -0.1) is 9.24 Å². The number of carbonyl (C=O) groups excluding carboxylic acids is 1. The number of carbonyl (C=O) groups is 1. The van der Waals surface area contributed by atoms with Gasteiger partial charge in [-0.3, -0.25) is 9.78 Å². The zero-order chi connectivity index (χ0) is 16.2. The fourth-order valence-electron chi connectivity index (χ4n) is 3.67. The minimum atomic E-state index is -0.0436. The van der Waals surface area contributed by atoms with E-state index in [2.05, 4.69) is 38.5 Å². The Bertz CT molecular complexity index is 693. The van der Waals surface area contributed by atoms with E-state index in [9.17, 15) is 4.79 Å². The van der Waals surface area contributed by atoms with E-state index in [1.165, 1.54) is 16.3 Å². The molecular weight excluding hydrogens is 305 g/mol. The first kappa shape index (κ1) is 16.4. The summed E-state index contributed by atoms with van der Waals surface area (Å²) in [5.74, 6) is 1.01. The molecule has 1 saturated carbocycles. The molecule has 1 heterocycles. The van der Waals surface area contributed by atoms with Crippen LogP contribution in [0.2, 0.25) is 0 Å². The smallest absolute Gasteiger partial charge is 0.306 e. The van der Waals surface area contributed by atoms with Gasteiger partial charge in [0.2, 0.25) is 0 Å². The van der Waals surface area contributed by atoms with Gasteiger partial charge in [-0.05, 0) is 73.5 Å². The molecule has 0 spiro atoms. The maximum Gasteiger partial charge on any atom is 0.306 e. The normalized spacial score (nSPS) is 21.3. The lowest BCUT2D eigenvalue weighted by atomic mass is 9.77. The second kappa shape index (κ2) is 7.40. The Hall–Kier alpha value is -1.47. The predicted octanol–water partition coefficient (Wildman–Crippen LogP) is 3.96. The molecule has 1 aliphatic carbocycles. The fourth-order valence-corrected chi connectivity index (χ4v) is 3.94. The van der Waals surface area contributed by atoms with E-state index in [0.717, 1.165) is 31.2 Å². The SMILES string of the molecule is CCOC(=O)CC1CCC(c2ccnc3ccc(P)cc23)CC1. The highest BCUT2D eigenvalue weighted by atomic mass is 31.0. The van der Waals surface area contributed by atoms with Crippen molar-refractivity contribution >= 4 is 31.4 Å². The average Bonchev–Trinajstić information content (AvgIpc) is 2.55. The molecule has 0 aliphatic heterocycles. The van der Waals surface area contributed by atoms with Crippen LogP contribution in [-0.4, -0.2) is 17.6 Å². The molecule has 1 aliphatic rings. The summed E-state index contributed by atoms with van der Waals surface area (Å²) in [5, 5.41) is 2.47. The lowest BCUT2D eigenvalue weighted by molar-refractivity contribution is -0.144. The van der Waals surface area contributed by atoms with Gasteiger partial charge < -0.3 is 4.74 Å². The molecule has 1 atom stereocenters. The van der Waals surface area contributed by atoms with Crippen molar-refractivity contribution in [3.63, 3.8) is 0 Å². The van der Waals surface area contributed by atoms with Crippen LogP contribution in [-0.2, 0) is 9.53 Å². The molecule has 0 N–H and O–H groups in total. The maximum atomic E-state index is 11.6. The predicted molar refractivity (Wildman–Crippen MR) is 97.0 cm³/mol. The molecule has 2 aromatic rings. The standard InChI is InChI=1S/C19H24NO2P/c1-2-22-19(21)11-13-3-5-14(6-4-13)16-9-10-20-18-8-7-15(23)12-17(16)18/h7-10,12-14H,2-6,11,23H2,1H3. The maximum absolute atomic E-state index is 11.6. The van der Waals surface area contributed by atoms with Crippen molar-refractivity contribution in [2.75, 3.05) is 6.61 Å². The number of aromatic nitrogens is 1. The molecule has 1 fully saturated rings. The van der Waals surface area contributed by atoms with Crippen LogP contribution in [0.3, 0.4) is 0 Å². The molecule has 122 valence electrons. The highest BCUT2D eigenvalue weighted by Crippen LogP contribution is 2.39. The van der Waals surface area contributed by atoms with E-state index >= 15 is 0 Å². The first-order valence-electron chi connectivity index (χ1n) is 8.47. The number of benzene rings is 1. The number of hydrogen-bond donors (Lipinski definition) is 0. The van der Waals surface area contributed by atoms with Crippen LogP contribution >= 0.6 is 9.24 Å².